The van der Waals surface area contributed by atoms with Crippen molar-refractivity contribution in [2.24, 2.45) is 5.10 Å². The summed E-state index contributed by atoms with van der Waals surface area (Å²) < 4.78 is 64.3. The molecular formula is C24H24F4N6O2. The van der Waals surface area contributed by atoms with E-state index in [1.165, 1.54) is 36.3 Å². The standard InChI is InChI=1S/C24H24F4N6O2/c1-15-29-13-34(31-15)21-11-19(25)20(12-22(21)35-2)32-14-30-33-10-4-3-5-18(23(32)33)16-6-8-17(9-7-16)36-24(26,27)28/h6-9,11-14,18,23H,3-5,10H2,1-2H3/t18-,23?/m1/s1. The average Bonchev–Trinajstić information content (AvgIpc) is 3.39. The predicted octanol–water partition coefficient (Wildman–Crippen LogP) is 4.98. The third-order valence-electron chi connectivity index (χ3n) is 6.35. The molecule has 0 saturated carbocycles. The summed E-state index contributed by atoms with van der Waals surface area (Å²) >= 11 is 0. The molecule has 5 rings (SSSR count). The van der Waals surface area contributed by atoms with Gasteiger partial charge < -0.3 is 14.4 Å². The topological polar surface area (TPSA) is 68.0 Å². The van der Waals surface area contributed by atoms with Gasteiger partial charge in [-0.3, -0.25) is 5.01 Å². The second-order valence-corrected chi connectivity index (χ2v) is 8.65. The Kier molecular flexibility index (Phi) is 6.19. The van der Waals surface area contributed by atoms with Crippen LogP contribution in [0.15, 0.2) is 47.8 Å². The molecule has 1 saturated heterocycles. The molecule has 1 fully saturated rings. The van der Waals surface area contributed by atoms with E-state index in [4.69, 9.17) is 4.74 Å². The van der Waals surface area contributed by atoms with Gasteiger partial charge in [-0.2, -0.15) is 10.2 Å². The van der Waals surface area contributed by atoms with Gasteiger partial charge in [-0.1, -0.05) is 18.6 Å². The highest BCUT2D eigenvalue weighted by molar-refractivity contribution is 5.83. The first kappa shape index (κ1) is 23.9. The Bertz CT molecular complexity index is 1260. The fraction of sp³-hybridized carbons (Fsp3) is 0.375. The van der Waals surface area contributed by atoms with Gasteiger partial charge in [0.05, 0.1) is 12.8 Å². The molecular weight excluding hydrogens is 480 g/mol. The molecule has 1 aromatic heterocycles. The fourth-order valence-electron chi connectivity index (χ4n) is 4.78. The maximum atomic E-state index is 15.5. The number of hydrazone groups is 1. The van der Waals surface area contributed by atoms with Crippen molar-refractivity contribution in [2.45, 2.75) is 44.6 Å². The molecule has 2 atom stereocenters. The van der Waals surface area contributed by atoms with E-state index >= 15 is 4.39 Å². The molecule has 0 bridgehead atoms. The van der Waals surface area contributed by atoms with E-state index in [9.17, 15) is 13.2 Å². The molecule has 3 aromatic rings. The Labute approximate surface area is 204 Å². The molecule has 12 heteroatoms. The summed E-state index contributed by atoms with van der Waals surface area (Å²) in [6.07, 6.45) is 0.503. The van der Waals surface area contributed by atoms with E-state index in [-0.39, 0.29) is 23.5 Å². The summed E-state index contributed by atoms with van der Waals surface area (Å²) in [7, 11) is 1.49. The van der Waals surface area contributed by atoms with Gasteiger partial charge in [-0.15, -0.1) is 13.2 Å². The molecule has 2 aliphatic heterocycles. The van der Waals surface area contributed by atoms with E-state index in [1.807, 2.05) is 5.01 Å². The molecule has 0 N–H and O–H groups in total. The lowest BCUT2D eigenvalue weighted by atomic mass is 9.90. The SMILES string of the molecule is COc1cc(N2C=NN3CCCC[C@H](c4ccc(OC(F)(F)F)cc4)C32)c(F)cc1-n1cnc(C)n1. The average molecular weight is 504 g/mol. The number of ether oxygens (including phenoxy) is 2. The van der Waals surface area contributed by atoms with Crippen LogP contribution in [0.1, 0.15) is 36.6 Å². The van der Waals surface area contributed by atoms with Crippen LogP contribution >= 0.6 is 0 Å². The van der Waals surface area contributed by atoms with Gasteiger partial charge >= 0.3 is 6.36 Å². The van der Waals surface area contributed by atoms with Gasteiger partial charge in [0, 0.05) is 24.6 Å². The van der Waals surface area contributed by atoms with E-state index in [1.54, 1.807) is 36.4 Å². The van der Waals surface area contributed by atoms with Crippen molar-refractivity contribution in [1.82, 2.24) is 19.8 Å². The molecule has 190 valence electrons. The number of methoxy groups -OCH3 is 1. The van der Waals surface area contributed by atoms with E-state index in [0.717, 1.165) is 24.8 Å². The van der Waals surface area contributed by atoms with Gasteiger partial charge in [0.2, 0.25) is 0 Å². The Hall–Kier alpha value is -3.83. The highest BCUT2D eigenvalue weighted by atomic mass is 19.4. The Morgan fingerprint density at radius 3 is 2.50 bits per heavy atom. The van der Waals surface area contributed by atoms with Crippen molar-refractivity contribution in [3.63, 3.8) is 0 Å². The Morgan fingerprint density at radius 1 is 1.06 bits per heavy atom. The van der Waals surface area contributed by atoms with Gasteiger partial charge in [-0.25, -0.2) is 14.1 Å². The molecule has 1 unspecified atom stereocenters. The molecule has 0 amide bonds. The van der Waals surface area contributed by atoms with Crippen LogP contribution < -0.4 is 14.4 Å². The van der Waals surface area contributed by atoms with Gasteiger partial charge in [0.1, 0.15) is 47.7 Å². The number of hydrogen-bond donors (Lipinski definition) is 0. The number of aromatic nitrogens is 3. The number of alkyl halides is 3. The monoisotopic (exact) mass is 504 g/mol. The second-order valence-electron chi connectivity index (χ2n) is 8.65. The smallest absolute Gasteiger partial charge is 0.494 e. The van der Waals surface area contributed by atoms with Crippen LogP contribution in [0.25, 0.3) is 5.69 Å². The zero-order valence-corrected chi connectivity index (χ0v) is 19.6. The molecule has 0 aliphatic carbocycles. The minimum absolute atomic E-state index is 0.141. The number of nitrogens with zero attached hydrogens (tertiary/aromatic N) is 6. The molecule has 3 heterocycles. The highest BCUT2D eigenvalue weighted by Crippen LogP contribution is 2.41. The zero-order chi connectivity index (χ0) is 25.4. The maximum Gasteiger partial charge on any atom is 0.573 e. The van der Waals surface area contributed by atoms with Gasteiger partial charge in [0.15, 0.2) is 0 Å². The van der Waals surface area contributed by atoms with E-state index in [0.29, 0.717) is 23.8 Å². The molecule has 0 spiro atoms. The van der Waals surface area contributed by atoms with E-state index < -0.39 is 12.2 Å². The number of halogens is 4. The lowest BCUT2D eigenvalue weighted by Crippen LogP contribution is -2.44. The number of benzene rings is 2. The molecule has 2 aliphatic rings. The van der Waals surface area contributed by atoms with Crippen LogP contribution in [0.5, 0.6) is 11.5 Å². The number of aryl methyl sites for hydroxylation is 1. The van der Waals surface area contributed by atoms with Crippen molar-refractivity contribution in [2.75, 3.05) is 18.6 Å². The number of rotatable bonds is 5. The van der Waals surface area contributed by atoms with Crippen LogP contribution in [0.2, 0.25) is 0 Å². The normalized spacial score (nSPS) is 19.8. The number of anilines is 1. The quantitative estimate of drug-likeness (QED) is 0.457. The summed E-state index contributed by atoms with van der Waals surface area (Å²) in [5.74, 6) is 0.0203. The van der Waals surface area contributed by atoms with E-state index in [2.05, 4.69) is 19.9 Å². The summed E-state index contributed by atoms with van der Waals surface area (Å²) in [4.78, 5) is 5.85. The third kappa shape index (κ3) is 4.67. The van der Waals surface area contributed by atoms with Gasteiger partial charge in [-0.05, 0) is 37.5 Å². The highest BCUT2D eigenvalue weighted by Gasteiger charge is 2.39. The Morgan fingerprint density at radius 2 is 1.83 bits per heavy atom. The van der Waals surface area contributed by atoms with Crippen molar-refractivity contribution >= 4 is 12.0 Å². The van der Waals surface area contributed by atoms with Crippen LogP contribution in [0.3, 0.4) is 0 Å². The minimum atomic E-state index is -4.76. The minimum Gasteiger partial charge on any atom is -0.494 e. The number of hydrogen-bond acceptors (Lipinski definition) is 7. The third-order valence-corrected chi connectivity index (χ3v) is 6.35. The second kappa shape index (κ2) is 9.32. The molecule has 0 radical (unpaired) electrons. The van der Waals surface area contributed by atoms with Crippen LogP contribution in [0.4, 0.5) is 23.2 Å². The first-order chi connectivity index (χ1) is 17.2. The summed E-state index contributed by atoms with van der Waals surface area (Å²) in [6.45, 7) is 2.41. The van der Waals surface area contributed by atoms with Crippen molar-refractivity contribution in [3.05, 3.63) is 59.9 Å². The summed E-state index contributed by atoms with van der Waals surface area (Å²) in [5.41, 5.74) is 1.50. The first-order valence-electron chi connectivity index (χ1n) is 11.4. The largest absolute Gasteiger partial charge is 0.573 e. The first-order valence-corrected chi connectivity index (χ1v) is 11.4. The van der Waals surface area contributed by atoms with Gasteiger partial charge in [0.25, 0.3) is 0 Å². The number of fused-ring (bicyclic) bond motifs is 1. The van der Waals surface area contributed by atoms with Crippen LogP contribution in [-0.2, 0) is 0 Å². The zero-order valence-electron chi connectivity index (χ0n) is 19.6. The van der Waals surface area contributed by atoms with Crippen molar-refractivity contribution < 1.29 is 27.0 Å². The van der Waals surface area contributed by atoms with Crippen LogP contribution in [-0.4, -0.2) is 52.3 Å². The summed E-state index contributed by atoms with van der Waals surface area (Å²) in [6, 6.07) is 8.79. The molecule has 2 aromatic carbocycles. The summed E-state index contributed by atoms with van der Waals surface area (Å²) in [5, 5.41) is 10.7. The molecule has 8 nitrogen and oxygen atoms in total. The van der Waals surface area contributed by atoms with Crippen molar-refractivity contribution in [1.29, 1.82) is 0 Å². The maximum absolute atomic E-state index is 15.5. The predicted molar refractivity (Wildman–Crippen MR) is 124 cm³/mol. The Balaban J connectivity index is 1.49. The van der Waals surface area contributed by atoms with Crippen LogP contribution in [0, 0.1) is 12.7 Å². The lowest BCUT2D eigenvalue weighted by molar-refractivity contribution is -0.274. The molecule has 36 heavy (non-hydrogen) atoms. The fourth-order valence-corrected chi connectivity index (χ4v) is 4.78. The lowest BCUT2D eigenvalue weighted by Gasteiger charge is -2.35. The van der Waals surface area contributed by atoms with Crippen molar-refractivity contribution in [3.8, 4) is 17.2 Å².